The Balaban J connectivity index is 1.98. The van der Waals surface area contributed by atoms with E-state index in [1.165, 1.54) is 42.4 Å². The summed E-state index contributed by atoms with van der Waals surface area (Å²) in [6.07, 6.45) is 4.03. The summed E-state index contributed by atoms with van der Waals surface area (Å²) in [6.45, 7) is 2.18. The Labute approximate surface area is 150 Å². The first-order chi connectivity index (χ1) is 12.2. The lowest BCUT2D eigenvalue weighted by Gasteiger charge is -2.05. The van der Waals surface area contributed by atoms with Crippen LogP contribution in [-0.2, 0) is 7.05 Å². The van der Waals surface area contributed by atoms with Crippen molar-refractivity contribution in [3.05, 3.63) is 72.6 Å². The number of rotatable bonds is 1. The lowest BCUT2D eigenvalue weighted by molar-refractivity contribution is -0.659. The largest absolute Gasteiger partial charge is 0.256 e. The molecule has 3 aromatic heterocycles. The van der Waals surface area contributed by atoms with Crippen LogP contribution in [0.4, 0.5) is 0 Å². The second-order valence-electron chi connectivity index (χ2n) is 6.45. The number of thiophene rings is 1. The topological polar surface area (TPSA) is 16.8 Å². The first-order valence-electron chi connectivity index (χ1n) is 8.38. The zero-order valence-electron chi connectivity index (χ0n) is 14.2. The van der Waals surface area contributed by atoms with Gasteiger partial charge >= 0.3 is 0 Å². The van der Waals surface area contributed by atoms with E-state index in [1.54, 1.807) is 0 Å². The fraction of sp³-hybridized carbons (Fsp3) is 0.0909. The lowest BCUT2D eigenvalue weighted by atomic mass is 10.0. The Morgan fingerprint density at radius 1 is 0.840 bits per heavy atom. The van der Waals surface area contributed by atoms with Gasteiger partial charge in [0.05, 0.1) is 11.1 Å². The molecule has 0 saturated carbocycles. The predicted octanol–water partition coefficient (Wildman–Crippen LogP) is 5.40. The van der Waals surface area contributed by atoms with Gasteiger partial charge in [-0.3, -0.25) is 4.98 Å². The van der Waals surface area contributed by atoms with Crippen LogP contribution in [0.25, 0.3) is 42.3 Å². The Kier molecular flexibility index (Phi) is 3.12. The van der Waals surface area contributed by atoms with Crippen LogP contribution in [0.15, 0.2) is 67.0 Å². The van der Waals surface area contributed by atoms with Crippen molar-refractivity contribution in [1.82, 2.24) is 4.98 Å². The van der Waals surface area contributed by atoms with Gasteiger partial charge in [-0.25, -0.2) is 0 Å². The second kappa shape index (κ2) is 5.36. The van der Waals surface area contributed by atoms with E-state index in [2.05, 4.69) is 78.3 Å². The van der Waals surface area contributed by atoms with E-state index in [1.807, 2.05) is 23.6 Å². The molecule has 0 aliphatic carbocycles. The number of aryl methyl sites for hydroxylation is 2. The second-order valence-corrected chi connectivity index (χ2v) is 7.47. The van der Waals surface area contributed by atoms with Crippen molar-refractivity contribution in [2.45, 2.75) is 6.92 Å². The minimum atomic E-state index is 1.06. The zero-order valence-corrected chi connectivity index (χ0v) is 15.0. The molecule has 0 bridgehead atoms. The Morgan fingerprint density at radius 3 is 2.56 bits per heavy atom. The molecule has 0 radical (unpaired) electrons. The van der Waals surface area contributed by atoms with Crippen molar-refractivity contribution in [3.8, 4) is 11.3 Å². The van der Waals surface area contributed by atoms with Crippen molar-refractivity contribution in [3.63, 3.8) is 0 Å². The summed E-state index contributed by atoms with van der Waals surface area (Å²) in [5, 5.41) is 3.87. The van der Waals surface area contributed by atoms with Gasteiger partial charge in [0, 0.05) is 33.1 Å². The van der Waals surface area contributed by atoms with Crippen LogP contribution < -0.4 is 4.57 Å². The number of hydrogen-bond acceptors (Lipinski definition) is 2. The van der Waals surface area contributed by atoms with Crippen LogP contribution in [-0.4, -0.2) is 4.98 Å². The van der Waals surface area contributed by atoms with Crippen molar-refractivity contribution in [2.24, 2.45) is 7.05 Å². The summed E-state index contributed by atoms with van der Waals surface area (Å²) in [5.74, 6) is 0. The van der Waals surface area contributed by atoms with Gasteiger partial charge in [0.15, 0.2) is 6.20 Å². The Hall–Kier alpha value is -2.78. The molecule has 25 heavy (non-hydrogen) atoms. The smallest absolute Gasteiger partial charge is 0.230 e. The van der Waals surface area contributed by atoms with Crippen LogP contribution in [0, 0.1) is 6.92 Å². The summed E-state index contributed by atoms with van der Waals surface area (Å²) in [5.41, 5.74) is 4.94. The van der Waals surface area contributed by atoms with Gasteiger partial charge in [0.1, 0.15) is 11.7 Å². The highest BCUT2D eigenvalue weighted by Crippen LogP contribution is 2.41. The van der Waals surface area contributed by atoms with Crippen LogP contribution in [0.3, 0.4) is 0 Å². The van der Waals surface area contributed by atoms with Gasteiger partial charge < -0.3 is 0 Å². The molecule has 0 N–H and O–H groups in total. The van der Waals surface area contributed by atoms with E-state index < -0.39 is 0 Å². The van der Waals surface area contributed by atoms with Crippen LogP contribution in [0.5, 0.6) is 0 Å². The number of benzene rings is 2. The maximum Gasteiger partial charge on any atom is 0.230 e. The van der Waals surface area contributed by atoms with E-state index >= 15 is 0 Å². The van der Waals surface area contributed by atoms with Crippen molar-refractivity contribution < 1.29 is 4.57 Å². The maximum absolute atomic E-state index is 4.52. The Morgan fingerprint density at radius 2 is 1.68 bits per heavy atom. The molecule has 0 aliphatic heterocycles. The molecule has 120 valence electrons. The van der Waals surface area contributed by atoms with Crippen LogP contribution in [0.1, 0.15) is 5.56 Å². The van der Waals surface area contributed by atoms with Gasteiger partial charge in [-0.2, -0.15) is 4.57 Å². The molecular weight excluding hydrogens is 324 g/mol. The zero-order chi connectivity index (χ0) is 17.0. The highest BCUT2D eigenvalue weighted by molar-refractivity contribution is 7.27. The molecule has 3 heteroatoms. The Bertz CT molecular complexity index is 1270. The molecule has 0 spiro atoms. The van der Waals surface area contributed by atoms with Gasteiger partial charge in [-0.1, -0.05) is 24.3 Å². The molecule has 0 aliphatic rings. The third-order valence-electron chi connectivity index (χ3n) is 4.91. The van der Waals surface area contributed by atoms with Gasteiger partial charge in [0.25, 0.3) is 0 Å². The van der Waals surface area contributed by atoms with E-state index in [0.717, 1.165) is 5.52 Å². The van der Waals surface area contributed by atoms with E-state index in [4.69, 9.17) is 0 Å². The SMILES string of the molecule is Cc1ccccc1-c1c2sc3c4cccnc4ccc3c2cc[n+]1C. The molecule has 2 nitrogen and oxygen atoms in total. The number of aromatic nitrogens is 2. The third kappa shape index (κ3) is 2.09. The number of pyridine rings is 2. The summed E-state index contributed by atoms with van der Waals surface area (Å²) < 4.78 is 4.90. The molecule has 3 heterocycles. The molecule has 0 saturated heterocycles. The fourth-order valence-electron chi connectivity index (χ4n) is 3.64. The standard InChI is InChI=1S/C22H17N2S/c1-14-6-3-4-7-15(14)20-22-17(11-13-24(20)2)16-9-10-19-18(21(16)25-22)8-5-12-23-19/h3-13H,1-2H3/q+1. The highest BCUT2D eigenvalue weighted by Gasteiger charge is 2.20. The predicted molar refractivity (Wildman–Crippen MR) is 106 cm³/mol. The molecule has 5 rings (SSSR count). The quantitative estimate of drug-likeness (QED) is 0.373. The number of fused-ring (bicyclic) bond motifs is 5. The van der Waals surface area contributed by atoms with Gasteiger partial charge in [0.2, 0.25) is 5.69 Å². The van der Waals surface area contributed by atoms with Crippen molar-refractivity contribution in [1.29, 1.82) is 0 Å². The molecule has 0 fully saturated rings. The molecule has 0 amide bonds. The average molecular weight is 341 g/mol. The van der Waals surface area contributed by atoms with Crippen molar-refractivity contribution in [2.75, 3.05) is 0 Å². The van der Waals surface area contributed by atoms with Crippen molar-refractivity contribution >= 4 is 42.4 Å². The normalized spacial score (nSPS) is 11.6. The minimum absolute atomic E-state index is 1.06. The third-order valence-corrected chi connectivity index (χ3v) is 6.17. The first-order valence-corrected chi connectivity index (χ1v) is 9.20. The first kappa shape index (κ1) is 14.6. The molecular formula is C22H17N2S+. The summed E-state index contributed by atoms with van der Waals surface area (Å²) in [7, 11) is 2.13. The van der Waals surface area contributed by atoms with E-state index in [9.17, 15) is 0 Å². The summed E-state index contributed by atoms with van der Waals surface area (Å²) in [4.78, 5) is 4.52. The molecule has 2 aromatic carbocycles. The number of nitrogens with zero attached hydrogens (tertiary/aromatic N) is 2. The van der Waals surface area contributed by atoms with Gasteiger partial charge in [-0.15, -0.1) is 11.3 Å². The average Bonchev–Trinajstić information content (AvgIpc) is 3.01. The van der Waals surface area contributed by atoms with Gasteiger partial charge in [-0.05, 0) is 36.8 Å². The molecule has 0 unspecified atom stereocenters. The van der Waals surface area contributed by atoms with E-state index in [-0.39, 0.29) is 0 Å². The summed E-state index contributed by atoms with van der Waals surface area (Å²) in [6, 6.07) is 19.4. The monoisotopic (exact) mass is 341 g/mol. The fourth-order valence-corrected chi connectivity index (χ4v) is 5.05. The lowest BCUT2D eigenvalue weighted by Crippen LogP contribution is -2.30. The minimum Gasteiger partial charge on any atom is -0.256 e. The molecule has 0 atom stereocenters. The maximum atomic E-state index is 4.52. The highest BCUT2D eigenvalue weighted by atomic mass is 32.1. The van der Waals surface area contributed by atoms with E-state index in [0.29, 0.717) is 0 Å². The van der Waals surface area contributed by atoms with Crippen LogP contribution in [0.2, 0.25) is 0 Å². The van der Waals surface area contributed by atoms with Crippen LogP contribution >= 0.6 is 11.3 Å². The molecule has 5 aromatic rings. The number of hydrogen-bond donors (Lipinski definition) is 0. The summed E-state index contributed by atoms with van der Waals surface area (Å²) >= 11 is 1.87.